The van der Waals surface area contributed by atoms with Crippen LogP contribution in [-0.4, -0.2) is 106 Å². The third-order valence-electron chi connectivity index (χ3n) is 4.07. The van der Waals surface area contributed by atoms with Crippen LogP contribution in [-0.2, 0) is 19.6 Å². The topological polar surface area (TPSA) is 99.5 Å². The molecule has 8 nitrogen and oxygen atoms in total. The summed E-state index contributed by atoms with van der Waals surface area (Å²) in [5.41, 5.74) is 0. The Morgan fingerprint density at radius 1 is 1.04 bits per heavy atom. The van der Waals surface area contributed by atoms with Crippen molar-refractivity contribution in [2.24, 2.45) is 0 Å². The largest absolute Gasteiger partial charge is 0.396 e. The zero-order valence-corrected chi connectivity index (χ0v) is 15.4. The van der Waals surface area contributed by atoms with E-state index in [1.807, 2.05) is 0 Å². The van der Waals surface area contributed by atoms with Crippen LogP contribution in [0.1, 0.15) is 19.3 Å². The molecule has 1 atom stereocenters. The first-order valence-corrected chi connectivity index (χ1v) is 10.4. The average Bonchev–Trinajstić information content (AvgIpc) is 2.53. The predicted molar refractivity (Wildman–Crippen MR) is 91.8 cm³/mol. The van der Waals surface area contributed by atoms with E-state index in [2.05, 4.69) is 9.80 Å². The van der Waals surface area contributed by atoms with Crippen LogP contribution in [0, 0.1) is 0 Å². The first-order valence-electron chi connectivity index (χ1n) is 8.55. The van der Waals surface area contributed by atoms with Gasteiger partial charge in [0.2, 0.25) is 0 Å². The molecule has 2 rings (SSSR count). The van der Waals surface area contributed by atoms with Gasteiger partial charge in [0.1, 0.15) is 0 Å². The number of aliphatic hydroxyl groups excluding tert-OH is 1. The molecular formula is C15H32N2O6S. The maximum atomic E-state index is 9.19. The van der Waals surface area contributed by atoms with Crippen LogP contribution < -0.4 is 0 Å². The number of hydrogen-bond acceptors (Lipinski definition) is 7. The molecular weight excluding hydrogens is 336 g/mol. The molecule has 0 aromatic rings. The lowest BCUT2D eigenvalue weighted by atomic mass is 10.1. The van der Waals surface area contributed by atoms with Crippen LogP contribution in [0.3, 0.4) is 0 Å². The normalized spacial score (nSPS) is 23.5. The third-order valence-corrected chi connectivity index (χ3v) is 4.07. The number of rotatable bonds is 7. The van der Waals surface area contributed by atoms with E-state index >= 15 is 0 Å². The minimum atomic E-state index is -3.67. The van der Waals surface area contributed by atoms with Gasteiger partial charge in [0.05, 0.1) is 32.7 Å². The fourth-order valence-corrected chi connectivity index (χ4v) is 2.90. The maximum absolute atomic E-state index is 9.19. The second-order valence-electron chi connectivity index (χ2n) is 6.17. The summed E-state index contributed by atoms with van der Waals surface area (Å²) in [7, 11) is -3.67. The van der Waals surface area contributed by atoms with Gasteiger partial charge in [-0.2, -0.15) is 8.42 Å². The van der Waals surface area contributed by atoms with Crippen LogP contribution in [0.25, 0.3) is 0 Å². The van der Waals surface area contributed by atoms with Crippen molar-refractivity contribution in [1.29, 1.82) is 0 Å². The minimum Gasteiger partial charge on any atom is -0.396 e. The molecule has 0 aromatic heterocycles. The molecule has 2 heterocycles. The van der Waals surface area contributed by atoms with Gasteiger partial charge >= 0.3 is 0 Å². The average molecular weight is 368 g/mol. The maximum Gasteiger partial charge on any atom is 0.261 e. The van der Waals surface area contributed by atoms with E-state index in [9.17, 15) is 8.42 Å². The fraction of sp³-hybridized carbons (Fsp3) is 1.00. The molecule has 0 spiro atoms. The standard InChI is InChI=1S/C14H28N2O3.CH4O3S/c17-9-2-5-16-8-12-19-13-14(16)3-1-4-15-6-10-18-11-7-15;1-5(2,3)4/h14,17H,1-13H2;1H3,(H,2,3,4). The van der Waals surface area contributed by atoms with E-state index < -0.39 is 10.1 Å². The van der Waals surface area contributed by atoms with Gasteiger partial charge in [-0.1, -0.05) is 0 Å². The number of ether oxygens (including phenoxy) is 2. The molecule has 144 valence electrons. The van der Waals surface area contributed by atoms with E-state index in [0.29, 0.717) is 12.3 Å². The summed E-state index contributed by atoms with van der Waals surface area (Å²) in [5.74, 6) is 0. The molecule has 0 aromatic carbocycles. The van der Waals surface area contributed by atoms with Crippen molar-refractivity contribution in [3.05, 3.63) is 0 Å². The summed E-state index contributed by atoms with van der Waals surface area (Å²) in [6, 6.07) is 0.543. The Morgan fingerprint density at radius 2 is 1.67 bits per heavy atom. The highest BCUT2D eigenvalue weighted by Gasteiger charge is 2.22. The van der Waals surface area contributed by atoms with Gasteiger partial charge in [-0.15, -0.1) is 0 Å². The summed E-state index contributed by atoms with van der Waals surface area (Å²) in [6.07, 6.45) is 4.01. The molecule has 2 N–H and O–H groups in total. The fourth-order valence-electron chi connectivity index (χ4n) is 2.90. The molecule has 2 aliphatic rings. The number of morpholine rings is 2. The van der Waals surface area contributed by atoms with Gasteiger partial charge in [0, 0.05) is 38.8 Å². The molecule has 0 saturated carbocycles. The van der Waals surface area contributed by atoms with E-state index in [0.717, 1.165) is 59.0 Å². The Hall–Kier alpha value is -0.290. The van der Waals surface area contributed by atoms with Gasteiger partial charge in [-0.05, 0) is 25.8 Å². The molecule has 0 radical (unpaired) electrons. The van der Waals surface area contributed by atoms with Gasteiger partial charge in [-0.3, -0.25) is 14.4 Å². The number of nitrogens with zero attached hydrogens (tertiary/aromatic N) is 2. The monoisotopic (exact) mass is 368 g/mol. The third kappa shape index (κ3) is 11.3. The molecule has 24 heavy (non-hydrogen) atoms. The zero-order valence-electron chi connectivity index (χ0n) is 14.6. The Bertz CT molecular complexity index is 406. The zero-order chi connectivity index (χ0) is 17.8. The van der Waals surface area contributed by atoms with Crippen LogP contribution in [0.4, 0.5) is 0 Å². The van der Waals surface area contributed by atoms with Gasteiger partial charge < -0.3 is 14.6 Å². The Labute approximate surface area is 145 Å². The van der Waals surface area contributed by atoms with Gasteiger partial charge in [-0.25, -0.2) is 0 Å². The van der Waals surface area contributed by atoms with Crippen molar-refractivity contribution < 1.29 is 27.6 Å². The molecule has 0 bridgehead atoms. The van der Waals surface area contributed by atoms with Crippen molar-refractivity contribution in [3.8, 4) is 0 Å². The molecule has 0 aliphatic carbocycles. The number of hydrogen-bond donors (Lipinski definition) is 2. The van der Waals surface area contributed by atoms with E-state index in [1.165, 1.54) is 19.4 Å². The van der Waals surface area contributed by atoms with Crippen LogP contribution in [0.5, 0.6) is 0 Å². The molecule has 2 aliphatic heterocycles. The van der Waals surface area contributed by atoms with Crippen LogP contribution >= 0.6 is 0 Å². The summed E-state index contributed by atoms with van der Waals surface area (Å²) in [4.78, 5) is 4.98. The lowest BCUT2D eigenvalue weighted by Crippen LogP contribution is -2.46. The Kier molecular flexibility index (Phi) is 11.0. The summed E-state index contributed by atoms with van der Waals surface area (Å²) >= 11 is 0. The van der Waals surface area contributed by atoms with Gasteiger partial charge in [0.15, 0.2) is 0 Å². The van der Waals surface area contributed by atoms with Gasteiger partial charge in [0.25, 0.3) is 10.1 Å². The lowest BCUT2D eigenvalue weighted by molar-refractivity contribution is -0.0153. The first-order chi connectivity index (χ1) is 11.4. The second-order valence-corrected chi connectivity index (χ2v) is 7.64. The summed E-state index contributed by atoms with van der Waals surface area (Å²) in [5, 5.41) is 8.95. The summed E-state index contributed by atoms with van der Waals surface area (Å²) < 4.78 is 36.8. The second kappa shape index (κ2) is 12.1. The van der Waals surface area contributed by atoms with E-state index in [-0.39, 0.29) is 6.61 Å². The van der Waals surface area contributed by atoms with Crippen molar-refractivity contribution in [2.45, 2.75) is 25.3 Å². The smallest absolute Gasteiger partial charge is 0.261 e. The highest BCUT2D eigenvalue weighted by Crippen LogP contribution is 2.13. The predicted octanol–water partition coefficient (Wildman–Crippen LogP) is -0.314. The highest BCUT2D eigenvalue weighted by atomic mass is 32.2. The quantitative estimate of drug-likeness (QED) is 0.590. The van der Waals surface area contributed by atoms with Crippen LogP contribution in [0.2, 0.25) is 0 Å². The van der Waals surface area contributed by atoms with E-state index in [1.54, 1.807) is 0 Å². The van der Waals surface area contributed by atoms with Crippen molar-refractivity contribution in [2.75, 3.05) is 72.0 Å². The number of aliphatic hydroxyl groups is 1. The van der Waals surface area contributed by atoms with E-state index in [4.69, 9.17) is 19.1 Å². The summed E-state index contributed by atoms with van der Waals surface area (Å²) in [6.45, 7) is 9.10. The highest BCUT2D eigenvalue weighted by molar-refractivity contribution is 7.85. The van der Waals surface area contributed by atoms with Crippen molar-refractivity contribution in [3.63, 3.8) is 0 Å². The molecule has 9 heteroatoms. The lowest BCUT2D eigenvalue weighted by Gasteiger charge is -2.36. The van der Waals surface area contributed by atoms with Crippen LogP contribution in [0.15, 0.2) is 0 Å². The molecule has 2 saturated heterocycles. The first kappa shape index (κ1) is 21.8. The molecule has 0 amide bonds. The Balaban J connectivity index is 0.000000505. The van der Waals surface area contributed by atoms with Crippen molar-refractivity contribution >= 4 is 10.1 Å². The van der Waals surface area contributed by atoms with Crippen molar-refractivity contribution in [1.82, 2.24) is 9.80 Å². The molecule has 1 unspecified atom stereocenters. The Morgan fingerprint density at radius 3 is 2.29 bits per heavy atom. The SMILES string of the molecule is CS(=O)(=O)O.OCCCN1CCOCC1CCCN1CCOCC1. The minimum absolute atomic E-state index is 0.290. The molecule has 2 fully saturated rings.